The fourth-order valence-corrected chi connectivity index (χ4v) is 2.81. The smallest absolute Gasteiger partial charge is 0.354 e. The molecule has 0 spiro atoms. The maximum atomic E-state index is 14.1. The van der Waals surface area contributed by atoms with E-state index < -0.39 is 23.3 Å². The summed E-state index contributed by atoms with van der Waals surface area (Å²) < 4.78 is 27.2. The molecule has 30 heavy (non-hydrogen) atoms. The van der Waals surface area contributed by atoms with Crippen LogP contribution in [0.5, 0.6) is 0 Å². The minimum Gasteiger partial charge on any atom is -0.477 e. The summed E-state index contributed by atoms with van der Waals surface area (Å²) in [5, 5.41) is 9.42. The summed E-state index contributed by atoms with van der Waals surface area (Å²) in [6, 6.07) is 11.7. The van der Waals surface area contributed by atoms with Gasteiger partial charge in [0, 0.05) is 52.0 Å². The van der Waals surface area contributed by atoms with E-state index in [2.05, 4.69) is 21.0 Å². The van der Waals surface area contributed by atoms with Gasteiger partial charge in [-0.3, -0.25) is 4.98 Å². The van der Waals surface area contributed by atoms with E-state index in [9.17, 15) is 18.7 Å². The van der Waals surface area contributed by atoms with E-state index in [0.717, 1.165) is 6.07 Å². The number of halogens is 2. The molecule has 0 unspecified atom stereocenters. The quantitative estimate of drug-likeness (QED) is 0.360. The van der Waals surface area contributed by atoms with Crippen molar-refractivity contribution in [2.45, 2.75) is 19.3 Å². The van der Waals surface area contributed by atoms with E-state index in [-0.39, 0.29) is 38.0 Å². The number of anilines is 1. The van der Waals surface area contributed by atoms with Crippen molar-refractivity contribution in [1.82, 2.24) is 15.0 Å². The number of hydrogen-bond donors (Lipinski definition) is 1. The van der Waals surface area contributed by atoms with Crippen molar-refractivity contribution in [2.24, 2.45) is 0 Å². The Kier molecular flexibility index (Phi) is 7.03. The summed E-state index contributed by atoms with van der Waals surface area (Å²) in [5.74, 6) is -3.11. The number of carboxylic acid groups (broad SMARTS) is 1. The standard InChI is InChI=1S/C21H19F2N4O2.Pt/c1-21(2,17-11-12(27(3)4)10-15(25-17)20(28)29)16-7-5-6-14(24-16)13-8-9-18(22)26-19(13)23;/h5-7,9-11H,1-4H3,(H,28,29);/q-1;. The normalized spacial score (nSPS) is 11.0. The van der Waals surface area contributed by atoms with Gasteiger partial charge < -0.3 is 15.0 Å². The molecule has 3 aromatic rings. The van der Waals surface area contributed by atoms with Crippen LogP contribution in [0, 0.1) is 18.0 Å². The monoisotopic (exact) mass is 592 g/mol. The predicted molar refractivity (Wildman–Crippen MR) is 104 cm³/mol. The van der Waals surface area contributed by atoms with Gasteiger partial charge in [0.2, 0.25) is 0 Å². The second kappa shape index (κ2) is 8.96. The third-order valence-corrected chi connectivity index (χ3v) is 4.58. The van der Waals surface area contributed by atoms with Gasteiger partial charge in [0.15, 0.2) is 5.69 Å². The van der Waals surface area contributed by atoms with Crippen molar-refractivity contribution >= 4 is 11.7 Å². The van der Waals surface area contributed by atoms with Crippen molar-refractivity contribution < 1.29 is 39.7 Å². The Morgan fingerprint density at radius 3 is 2.40 bits per heavy atom. The molecular weight excluding hydrogens is 573 g/mol. The van der Waals surface area contributed by atoms with Gasteiger partial charge in [-0.05, 0) is 37.7 Å². The van der Waals surface area contributed by atoms with Crippen LogP contribution in [-0.2, 0) is 26.5 Å². The van der Waals surface area contributed by atoms with Crippen molar-refractivity contribution in [3.8, 4) is 11.3 Å². The molecule has 0 aromatic carbocycles. The maximum Gasteiger partial charge on any atom is 0.354 e. The zero-order valence-electron chi connectivity index (χ0n) is 16.7. The fraction of sp³-hybridized carbons (Fsp3) is 0.238. The van der Waals surface area contributed by atoms with E-state index in [1.807, 2.05) is 13.8 Å². The summed E-state index contributed by atoms with van der Waals surface area (Å²) in [5.41, 5.74) is 1.01. The third kappa shape index (κ3) is 4.70. The van der Waals surface area contributed by atoms with E-state index in [4.69, 9.17) is 0 Å². The molecule has 160 valence electrons. The van der Waals surface area contributed by atoms with Crippen LogP contribution in [0.3, 0.4) is 0 Å². The fourth-order valence-electron chi connectivity index (χ4n) is 2.81. The first-order valence-corrected chi connectivity index (χ1v) is 8.74. The predicted octanol–water partition coefficient (Wildman–Crippen LogP) is 3.70. The minimum atomic E-state index is -1.14. The molecule has 0 atom stereocenters. The van der Waals surface area contributed by atoms with Crippen LogP contribution in [0.1, 0.15) is 35.7 Å². The first-order valence-electron chi connectivity index (χ1n) is 8.74. The number of aromatic carboxylic acids is 1. The molecule has 3 aromatic heterocycles. The summed E-state index contributed by atoms with van der Waals surface area (Å²) in [6.07, 6.45) is 0. The minimum absolute atomic E-state index is 0. The Balaban J connectivity index is 0.00000320. The molecule has 0 bridgehead atoms. The molecule has 0 amide bonds. The zero-order valence-corrected chi connectivity index (χ0v) is 19.0. The van der Waals surface area contributed by atoms with E-state index >= 15 is 0 Å². The van der Waals surface area contributed by atoms with Gasteiger partial charge in [-0.1, -0.05) is 23.8 Å². The van der Waals surface area contributed by atoms with Gasteiger partial charge in [0.1, 0.15) is 11.9 Å². The second-order valence-electron chi connectivity index (χ2n) is 7.22. The molecule has 0 saturated carbocycles. The first-order chi connectivity index (χ1) is 13.6. The average Bonchev–Trinajstić information content (AvgIpc) is 2.67. The molecule has 0 aliphatic carbocycles. The largest absolute Gasteiger partial charge is 0.477 e. The van der Waals surface area contributed by atoms with Crippen molar-refractivity contribution in [1.29, 1.82) is 0 Å². The number of pyridine rings is 3. The number of aromatic nitrogens is 3. The second-order valence-corrected chi connectivity index (χ2v) is 7.22. The van der Waals surface area contributed by atoms with Crippen LogP contribution in [0.25, 0.3) is 11.3 Å². The SMILES string of the molecule is CN(C)c1cc(C(=O)O)nc(C(C)(C)c2cccc(-c3[c-]cc(F)nc3F)n2)c1.[Pt]. The van der Waals surface area contributed by atoms with Crippen LogP contribution >= 0.6 is 0 Å². The molecular formula is C21H19F2N4O2Pt-. The molecule has 0 aliphatic rings. The number of carboxylic acids is 1. The summed E-state index contributed by atoms with van der Waals surface area (Å²) in [4.78, 5) is 25.3. The molecule has 0 saturated heterocycles. The third-order valence-electron chi connectivity index (χ3n) is 4.58. The summed E-state index contributed by atoms with van der Waals surface area (Å²) >= 11 is 0. The Hall–Kier alpha value is -2.73. The maximum absolute atomic E-state index is 14.1. The average molecular weight is 592 g/mol. The molecule has 6 nitrogen and oxygen atoms in total. The number of rotatable bonds is 5. The number of hydrogen-bond acceptors (Lipinski definition) is 5. The molecule has 3 rings (SSSR count). The Labute approximate surface area is 187 Å². The van der Waals surface area contributed by atoms with E-state index in [1.54, 1.807) is 43.3 Å². The van der Waals surface area contributed by atoms with Crippen LogP contribution in [0.2, 0.25) is 0 Å². The van der Waals surface area contributed by atoms with Crippen LogP contribution < -0.4 is 4.90 Å². The van der Waals surface area contributed by atoms with Crippen LogP contribution in [0.4, 0.5) is 14.5 Å². The number of carbonyl (C=O) groups is 1. The molecule has 1 N–H and O–H groups in total. The van der Waals surface area contributed by atoms with Crippen LogP contribution in [-0.4, -0.2) is 40.1 Å². The van der Waals surface area contributed by atoms with Gasteiger partial charge in [-0.15, -0.1) is 6.07 Å². The summed E-state index contributed by atoms with van der Waals surface area (Å²) in [7, 11) is 3.60. The molecule has 0 radical (unpaired) electrons. The van der Waals surface area contributed by atoms with Crippen LogP contribution in [0.15, 0.2) is 36.4 Å². The van der Waals surface area contributed by atoms with Gasteiger partial charge in [-0.25, -0.2) is 18.6 Å². The zero-order chi connectivity index (χ0) is 21.3. The van der Waals surface area contributed by atoms with Crippen molar-refractivity contribution in [2.75, 3.05) is 19.0 Å². The Morgan fingerprint density at radius 1 is 1.10 bits per heavy atom. The number of nitrogens with zero attached hydrogens (tertiary/aromatic N) is 4. The molecule has 0 aliphatic heterocycles. The van der Waals surface area contributed by atoms with Gasteiger partial charge in [-0.2, -0.15) is 0 Å². The Bertz CT molecular complexity index is 1090. The van der Waals surface area contributed by atoms with E-state index in [1.165, 1.54) is 6.07 Å². The summed E-state index contributed by atoms with van der Waals surface area (Å²) in [6.45, 7) is 3.69. The Morgan fingerprint density at radius 2 is 1.80 bits per heavy atom. The van der Waals surface area contributed by atoms with Crippen molar-refractivity contribution in [3.63, 3.8) is 0 Å². The molecule has 9 heteroatoms. The molecule has 0 fully saturated rings. The van der Waals surface area contributed by atoms with Gasteiger partial charge in [0.25, 0.3) is 0 Å². The van der Waals surface area contributed by atoms with Crippen molar-refractivity contribution in [3.05, 3.63) is 71.4 Å². The first kappa shape index (κ1) is 23.5. The topological polar surface area (TPSA) is 79.2 Å². The van der Waals surface area contributed by atoms with E-state index in [0.29, 0.717) is 17.1 Å². The van der Waals surface area contributed by atoms with Gasteiger partial charge >= 0.3 is 5.97 Å². The molecule has 3 heterocycles. The van der Waals surface area contributed by atoms with Gasteiger partial charge in [0.05, 0.1) is 5.69 Å².